The largest absolute Gasteiger partial charge is 0.342 e. The van der Waals surface area contributed by atoms with Crippen molar-refractivity contribution in [3.05, 3.63) is 75.2 Å². The van der Waals surface area contributed by atoms with Crippen LogP contribution < -0.4 is 11.1 Å². The minimum atomic E-state index is -0.00841. The monoisotopic (exact) mass is 432 g/mol. The van der Waals surface area contributed by atoms with Crippen LogP contribution >= 0.6 is 0 Å². The fourth-order valence-corrected chi connectivity index (χ4v) is 5.26. The minimum Gasteiger partial charge on any atom is -0.342 e. The van der Waals surface area contributed by atoms with E-state index in [1.165, 1.54) is 0 Å². The van der Waals surface area contributed by atoms with Gasteiger partial charge in [-0.15, -0.1) is 0 Å². The summed E-state index contributed by atoms with van der Waals surface area (Å²) in [6.07, 6.45) is 5.76. The van der Waals surface area contributed by atoms with Gasteiger partial charge in [0.15, 0.2) is 0 Å². The Labute approximate surface area is 186 Å². The van der Waals surface area contributed by atoms with Crippen molar-refractivity contribution < 1.29 is 4.79 Å². The topological polar surface area (TPSA) is 77.2 Å². The van der Waals surface area contributed by atoms with Gasteiger partial charge >= 0.3 is 0 Å². The molecule has 1 aromatic carbocycles. The van der Waals surface area contributed by atoms with Crippen molar-refractivity contribution in [3.63, 3.8) is 0 Å². The Bertz CT molecular complexity index is 1260. The quantitative estimate of drug-likeness (QED) is 0.561. The van der Waals surface area contributed by atoms with Crippen LogP contribution in [0.1, 0.15) is 43.7 Å². The van der Waals surface area contributed by atoms with E-state index in [2.05, 4.69) is 4.98 Å². The fraction of sp³-hybridized carbons (Fsp3) is 0.440. The van der Waals surface area contributed by atoms with Gasteiger partial charge in [0, 0.05) is 50.3 Å². The number of nitrogens with zero attached hydrogens (tertiary/aromatic N) is 4. The van der Waals surface area contributed by atoms with Crippen molar-refractivity contribution in [2.75, 3.05) is 13.1 Å². The molecule has 2 unspecified atom stereocenters. The molecule has 5 rings (SSSR count). The molecule has 0 aliphatic carbocycles. The van der Waals surface area contributed by atoms with Crippen LogP contribution in [0.25, 0.3) is 10.9 Å². The maximum atomic E-state index is 12.8. The maximum absolute atomic E-state index is 12.8. The van der Waals surface area contributed by atoms with Gasteiger partial charge in [-0.05, 0) is 43.4 Å². The third-order valence-corrected chi connectivity index (χ3v) is 6.85. The molecule has 3 aromatic rings. The van der Waals surface area contributed by atoms with Crippen molar-refractivity contribution in [2.45, 2.75) is 51.1 Å². The van der Waals surface area contributed by atoms with Crippen LogP contribution in [-0.2, 0) is 17.9 Å². The summed E-state index contributed by atoms with van der Waals surface area (Å²) < 4.78 is 3.56. The summed E-state index contributed by atoms with van der Waals surface area (Å²) in [5.41, 5.74) is 1.85. The lowest BCUT2D eigenvalue weighted by Gasteiger charge is -2.42. The van der Waals surface area contributed by atoms with E-state index >= 15 is 0 Å². The van der Waals surface area contributed by atoms with Gasteiger partial charge in [-0.25, -0.2) is 4.98 Å². The number of hydrogen-bond donors (Lipinski definition) is 0. The first-order chi connectivity index (χ1) is 15.6. The van der Waals surface area contributed by atoms with Crippen molar-refractivity contribution >= 4 is 16.8 Å². The lowest BCUT2D eigenvalue weighted by Crippen LogP contribution is -2.49. The molecule has 4 heterocycles. The molecule has 2 bridgehead atoms. The Hall–Kier alpha value is -3.22. The number of aromatic nitrogens is 3. The smallest absolute Gasteiger partial charge is 0.261 e. The molecule has 2 atom stereocenters. The molecule has 7 heteroatoms. The highest BCUT2D eigenvalue weighted by Gasteiger charge is 2.35. The highest BCUT2D eigenvalue weighted by atomic mass is 16.2. The van der Waals surface area contributed by atoms with Gasteiger partial charge in [0.2, 0.25) is 5.91 Å². The van der Waals surface area contributed by atoms with Crippen molar-refractivity contribution in [3.8, 4) is 0 Å². The number of aryl methyl sites for hydroxylation is 1. The van der Waals surface area contributed by atoms with Crippen LogP contribution in [0.3, 0.4) is 0 Å². The average Bonchev–Trinajstić information content (AvgIpc) is 2.81. The molecule has 1 amide bonds. The number of carbonyl (C=O) groups excluding carboxylic acids is 1. The predicted octanol–water partition coefficient (Wildman–Crippen LogP) is 2.76. The number of para-hydroxylation sites is 1. The molecule has 1 saturated heterocycles. The number of benzene rings is 1. The highest BCUT2D eigenvalue weighted by molar-refractivity contribution is 5.77. The molecule has 0 saturated carbocycles. The molecule has 1 fully saturated rings. The Balaban J connectivity index is 1.12. The van der Waals surface area contributed by atoms with E-state index < -0.39 is 0 Å². The molecule has 0 spiro atoms. The molecule has 2 aromatic heterocycles. The van der Waals surface area contributed by atoms with Gasteiger partial charge in [-0.3, -0.25) is 19.0 Å². The van der Waals surface area contributed by atoms with E-state index in [1.54, 1.807) is 17.0 Å². The van der Waals surface area contributed by atoms with E-state index in [9.17, 15) is 14.4 Å². The first kappa shape index (κ1) is 20.7. The maximum Gasteiger partial charge on any atom is 0.261 e. The zero-order valence-electron chi connectivity index (χ0n) is 18.2. The van der Waals surface area contributed by atoms with E-state index in [-0.39, 0.29) is 22.9 Å². The third-order valence-electron chi connectivity index (χ3n) is 6.85. The van der Waals surface area contributed by atoms with Crippen molar-refractivity contribution in [2.24, 2.45) is 5.92 Å². The summed E-state index contributed by atoms with van der Waals surface area (Å²) >= 11 is 0. The highest BCUT2D eigenvalue weighted by Crippen LogP contribution is 2.35. The standard InChI is InChI=1S/C25H28N4O3/c30-23(28-14-18-13-19(16-28)22-9-6-11-24(31)29(22)15-18)10-2-1-5-12-27-17-26-21-8-4-3-7-20(21)25(27)32/h3-4,6-9,11,17-19H,1-2,5,10,12-16H2. The summed E-state index contributed by atoms with van der Waals surface area (Å²) in [6.45, 7) is 2.78. The lowest BCUT2D eigenvalue weighted by atomic mass is 9.83. The van der Waals surface area contributed by atoms with Gasteiger partial charge in [-0.1, -0.05) is 24.6 Å². The number of likely N-dealkylation sites (tertiary alicyclic amines) is 1. The van der Waals surface area contributed by atoms with Crippen molar-refractivity contribution in [1.29, 1.82) is 0 Å². The second-order valence-electron chi connectivity index (χ2n) is 9.07. The average molecular weight is 433 g/mol. The summed E-state index contributed by atoms with van der Waals surface area (Å²) in [5, 5.41) is 0.643. The summed E-state index contributed by atoms with van der Waals surface area (Å²) in [7, 11) is 0. The number of unbranched alkanes of at least 4 members (excludes halogenated alkanes) is 2. The Kier molecular flexibility index (Phi) is 5.64. The Morgan fingerprint density at radius 3 is 2.75 bits per heavy atom. The van der Waals surface area contributed by atoms with Gasteiger partial charge in [0.1, 0.15) is 0 Å². The first-order valence-corrected chi connectivity index (χ1v) is 11.5. The van der Waals surface area contributed by atoms with Crippen molar-refractivity contribution in [1.82, 2.24) is 19.0 Å². The second-order valence-corrected chi connectivity index (χ2v) is 9.07. The number of fused-ring (bicyclic) bond motifs is 5. The van der Waals surface area contributed by atoms with Gasteiger partial charge < -0.3 is 9.47 Å². The molecule has 7 nitrogen and oxygen atoms in total. The zero-order valence-corrected chi connectivity index (χ0v) is 18.2. The molecular formula is C25H28N4O3. The summed E-state index contributed by atoms with van der Waals surface area (Å²) in [6, 6.07) is 12.9. The minimum absolute atomic E-state index is 0.00841. The van der Waals surface area contributed by atoms with Crippen LogP contribution in [0.15, 0.2) is 58.4 Å². The van der Waals surface area contributed by atoms with Gasteiger partial charge in [0.05, 0.1) is 17.2 Å². The number of carbonyl (C=O) groups is 1. The lowest BCUT2D eigenvalue weighted by molar-refractivity contribution is -0.134. The molecule has 2 aliphatic rings. The fourth-order valence-electron chi connectivity index (χ4n) is 5.26. The number of piperidine rings is 1. The summed E-state index contributed by atoms with van der Waals surface area (Å²) in [4.78, 5) is 43.9. The third kappa shape index (κ3) is 3.99. The zero-order chi connectivity index (χ0) is 22.1. The van der Waals surface area contributed by atoms with E-state index in [0.29, 0.717) is 37.4 Å². The number of pyridine rings is 1. The summed E-state index contributed by atoms with van der Waals surface area (Å²) in [5.74, 6) is 0.821. The van der Waals surface area contributed by atoms with E-state index in [1.807, 2.05) is 45.9 Å². The van der Waals surface area contributed by atoms with E-state index in [0.717, 1.165) is 43.4 Å². The van der Waals surface area contributed by atoms with Gasteiger partial charge in [-0.2, -0.15) is 0 Å². The molecule has 32 heavy (non-hydrogen) atoms. The molecule has 0 radical (unpaired) electrons. The van der Waals surface area contributed by atoms with Crippen LogP contribution in [0.4, 0.5) is 0 Å². The van der Waals surface area contributed by atoms with Gasteiger partial charge in [0.25, 0.3) is 11.1 Å². The van der Waals surface area contributed by atoms with E-state index in [4.69, 9.17) is 0 Å². The van der Waals surface area contributed by atoms with Crippen LogP contribution in [0.2, 0.25) is 0 Å². The number of hydrogen-bond acceptors (Lipinski definition) is 4. The SMILES string of the molecule is O=C(CCCCCn1cnc2ccccc2c1=O)N1CC2CC(C1)c1cccc(=O)n1C2. The first-order valence-electron chi connectivity index (χ1n) is 11.5. The van der Waals surface area contributed by atoms with Crippen LogP contribution in [-0.4, -0.2) is 38.0 Å². The Morgan fingerprint density at radius 1 is 0.969 bits per heavy atom. The molecule has 166 valence electrons. The normalized spacial score (nSPS) is 19.7. The Morgan fingerprint density at radius 2 is 1.84 bits per heavy atom. The number of rotatable bonds is 6. The predicted molar refractivity (Wildman–Crippen MR) is 123 cm³/mol. The molecule has 2 aliphatic heterocycles. The van der Waals surface area contributed by atoms with Crippen LogP contribution in [0.5, 0.6) is 0 Å². The second kappa shape index (κ2) is 8.73. The molecule has 0 N–H and O–H groups in total. The van der Waals surface area contributed by atoms with Crippen LogP contribution in [0, 0.1) is 5.92 Å². The number of amides is 1. The molecular weight excluding hydrogens is 404 g/mol.